The van der Waals surface area contributed by atoms with E-state index < -0.39 is 104 Å². The van der Waals surface area contributed by atoms with Crippen LogP contribution in [0.4, 0.5) is 52.2 Å². The molecule has 0 radical (unpaired) electrons. The summed E-state index contributed by atoms with van der Waals surface area (Å²) in [5.41, 5.74) is -6.37. The average Bonchev–Trinajstić information content (AvgIpc) is 2.99. The Morgan fingerprint density at radius 3 is 1.81 bits per heavy atom. The molecule has 0 saturated heterocycles. The molecule has 0 aliphatic carbocycles. The van der Waals surface area contributed by atoms with Crippen LogP contribution in [0.15, 0.2) is 59.1 Å². The number of anilines is 3. The van der Waals surface area contributed by atoms with E-state index in [1.165, 1.54) is 65.8 Å². The molecule has 0 aliphatic rings. The van der Waals surface area contributed by atoms with Crippen LogP contribution >= 0.6 is 15.9 Å². The minimum absolute atomic E-state index is 0.118. The van der Waals surface area contributed by atoms with Gasteiger partial charge in [-0.1, -0.05) is 23.7 Å². The van der Waals surface area contributed by atoms with Crippen LogP contribution in [0.5, 0.6) is 0 Å². The molecule has 3 aromatic rings. The number of nitrogen functional groups attached to an aromatic ring is 1. The summed E-state index contributed by atoms with van der Waals surface area (Å²) < 4.78 is 122. The number of halogens is 9. The van der Waals surface area contributed by atoms with Gasteiger partial charge < -0.3 is 25.4 Å². The summed E-state index contributed by atoms with van der Waals surface area (Å²) in [6.07, 6.45) is -12.8. The van der Waals surface area contributed by atoms with Gasteiger partial charge in [-0.3, -0.25) is 19.2 Å². The van der Waals surface area contributed by atoms with Crippen LogP contribution in [0.3, 0.4) is 0 Å². The van der Waals surface area contributed by atoms with E-state index in [4.69, 9.17) is 15.2 Å². The monoisotopic (exact) mass is 835 g/mol. The lowest BCUT2D eigenvalue weighted by Crippen LogP contribution is -2.50. The van der Waals surface area contributed by atoms with Crippen molar-refractivity contribution < 1.29 is 63.8 Å². The highest BCUT2D eigenvalue weighted by atomic mass is 79.9. The summed E-state index contributed by atoms with van der Waals surface area (Å²) >= 11 is 2.77. The molecule has 3 aromatic carbocycles. The molecule has 2 amide bonds. The number of carbonyl (C=O) groups excluding carboxylic acids is 4. The van der Waals surface area contributed by atoms with Crippen molar-refractivity contribution in [2.75, 3.05) is 22.5 Å². The second kappa shape index (κ2) is 15.6. The third-order valence-corrected chi connectivity index (χ3v) is 7.97. The van der Waals surface area contributed by atoms with Gasteiger partial charge in [0.2, 0.25) is 0 Å². The van der Waals surface area contributed by atoms with Gasteiger partial charge in [-0.15, -0.1) is 0 Å². The van der Waals surface area contributed by atoms with Crippen molar-refractivity contribution in [2.24, 2.45) is 5.92 Å². The Kier molecular flexibility index (Phi) is 12.6. The number of hydrogen-bond donors (Lipinski definition) is 2. The van der Waals surface area contributed by atoms with Gasteiger partial charge in [-0.05, 0) is 93.9 Å². The highest BCUT2D eigenvalue weighted by Gasteiger charge is 2.73. The Balaban J connectivity index is 2.16. The summed E-state index contributed by atoms with van der Waals surface area (Å²) in [5, 5.41) is 2.18. The fourth-order valence-electron chi connectivity index (χ4n) is 4.97. The van der Waals surface area contributed by atoms with Crippen molar-refractivity contribution in [3.8, 4) is 0 Å². The molecule has 292 valence electrons. The molecule has 9 nitrogen and oxygen atoms in total. The molecule has 0 saturated carbocycles. The van der Waals surface area contributed by atoms with Crippen LogP contribution in [-0.4, -0.2) is 61.7 Å². The smallest absolute Gasteiger partial charge is 0.435 e. The van der Waals surface area contributed by atoms with Gasteiger partial charge in [0.25, 0.3) is 11.8 Å². The van der Waals surface area contributed by atoms with Gasteiger partial charge in [0.15, 0.2) is 11.7 Å². The lowest BCUT2D eigenvalue weighted by Gasteiger charge is -2.31. The molecular formula is C35H35BBrF8N3O6. The number of carbonyl (C=O) groups is 4. The third kappa shape index (κ3) is 9.89. The molecule has 0 heterocycles. The standard InChI is InChI=1S/C35H35BBrF8N3O6/c1-31(2,3)53-29(51)21(30(52)54-32(4,5)6)16-48(28(50)17-9-7-10-19(46)13-17)24-12-8-11-20(25(24)38)27(49)47-26-22(36)14-18(15-23(26)37)33(39,34(40,41)42)35(43,44)45/h7-15,21H,16,36,46H2,1-6H3,(H,47,49). The van der Waals surface area contributed by atoms with E-state index in [-0.39, 0.29) is 23.4 Å². The lowest BCUT2D eigenvalue weighted by atomic mass is 9.86. The maximum absolute atomic E-state index is 16.5. The molecule has 54 heavy (non-hydrogen) atoms. The third-order valence-electron chi connectivity index (χ3n) is 7.35. The summed E-state index contributed by atoms with van der Waals surface area (Å²) in [4.78, 5) is 55.0. The Morgan fingerprint density at radius 1 is 0.833 bits per heavy atom. The molecule has 3 N–H and O–H groups in total. The fourth-order valence-corrected chi connectivity index (χ4v) is 5.62. The number of hydrogen-bond acceptors (Lipinski definition) is 7. The number of amides is 2. The van der Waals surface area contributed by atoms with Gasteiger partial charge in [0.1, 0.15) is 19.0 Å². The summed E-state index contributed by atoms with van der Waals surface area (Å²) in [6, 6.07) is 8.90. The molecule has 0 atom stereocenters. The van der Waals surface area contributed by atoms with Crippen molar-refractivity contribution in [3.63, 3.8) is 0 Å². The zero-order valence-corrected chi connectivity index (χ0v) is 31.4. The molecule has 0 aromatic heterocycles. The maximum atomic E-state index is 16.5. The minimum Gasteiger partial charge on any atom is -0.459 e. The van der Waals surface area contributed by atoms with Crippen LogP contribution < -0.4 is 21.4 Å². The summed E-state index contributed by atoms with van der Waals surface area (Å²) in [7, 11) is 0.975. The van der Waals surface area contributed by atoms with Gasteiger partial charge in [0.05, 0.1) is 17.8 Å². The predicted molar refractivity (Wildman–Crippen MR) is 189 cm³/mol. The van der Waals surface area contributed by atoms with Gasteiger partial charge in [-0.2, -0.15) is 26.3 Å². The van der Waals surface area contributed by atoms with Crippen molar-refractivity contribution in [1.82, 2.24) is 0 Å². The molecule has 0 fully saturated rings. The quantitative estimate of drug-likeness (QED) is 0.0789. The first-order chi connectivity index (χ1) is 24.5. The van der Waals surface area contributed by atoms with E-state index in [0.29, 0.717) is 4.90 Å². The number of nitrogens with two attached hydrogens (primary N) is 1. The molecular weight excluding hydrogens is 801 g/mol. The second-order valence-corrected chi connectivity index (χ2v) is 14.9. The zero-order valence-electron chi connectivity index (χ0n) is 29.9. The topological polar surface area (TPSA) is 128 Å². The Labute approximate surface area is 314 Å². The summed E-state index contributed by atoms with van der Waals surface area (Å²) in [5.74, 6) is -7.83. The van der Waals surface area contributed by atoms with E-state index in [2.05, 4.69) is 21.2 Å². The van der Waals surface area contributed by atoms with E-state index >= 15 is 4.39 Å². The van der Waals surface area contributed by atoms with Gasteiger partial charge >= 0.3 is 30.0 Å². The highest BCUT2D eigenvalue weighted by Crippen LogP contribution is 2.53. The molecule has 0 spiro atoms. The highest BCUT2D eigenvalue weighted by molar-refractivity contribution is 9.10. The van der Waals surface area contributed by atoms with Crippen LogP contribution in [-0.2, 0) is 24.7 Å². The first kappa shape index (κ1) is 43.7. The average molecular weight is 836 g/mol. The first-order valence-electron chi connectivity index (χ1n) is 15.8. The SMILES string of the molecule is Bc1cc(C(F)(C(F)(F)F)C(F)(F)F)cc(Br)c1NC(=O)c1cccc(N(CC(C(=O)OC(C)(C)C)C(=O)OC(C)(C)C)C(=O)c2cccc(N)c2)c1F. The number of rotatable bonds is 9. The normalized spacial score (nSPS) is 12.7. The van der Waals surface area contributed by atoms with Crippen LogP contribution in [0, 0.1) is 11.7 Å². The molecule has 19 heteroatoms. The minimum atomic E-state index is -6.41. The largest absolute Gasteiger partial charge is 0.459 e. The van der Waals surface area contributed by atoms with Crippen LogP contribution in [0.25, 0.3) is 0 Å². The zero-order chi connectivity index (χ0) is 41.4. The fraction of sp³-hybridized carbons (Fsp3) is 0.371. The molecule has 3 rings (SSSR count). The summed E-state index contributed by atoms with van der Waals surface area (Å²) in [6.45, 7) is 8.22. The van der Waals surface area contributed by atoms with Crippen molar-refractivity contribution in [1.29, 1.82) is 0 Å². The van der Waals surface area contributed by atoms with Crippen LogP contribution in [0.1, 0.15) is 67.8 Å². The Hall–Kier alpha value is -4.68. The molecule has 0 unspecified atom stereocenters. The van der Waals surface area contributed by atoms with E-state index in [0.717, 1.165) is 26.0 Å². The number of nitrogens with one attached hydrogen (secondary N) is 1. The number of alkyl halides is 7. The van der Waals surface area contributed by atoms with Crippen LogP contribution in [0.2, 0.25) is 0 Å². The lowest BCUT2D eigenvalue weighted by molar-refractivity contribution is -0.348. The second-order valence-electron chi connectivity index (χ2n) is 14.1. The first-order valence-corrected chi connectivity index (χ1v) is 16.6. The van der Waals surface area contributed by atoms with Crippen molar-refractivity contribution in [3.05, 3.63) is 81.6 Å². The Morgan fingerprint density at radius 2 is 1.35 bits per heavy atom. The van der Waals surface area contributed by atoms with E-state index in [9.17, 15) is 49.9 Å². The van der Waals surface area contributed by atoms with Crippen molar-refractivity contribution in [2.45, 2.75) is 70.8 Å². The van der Waals surface area contributed by atoms with Gasteiger partial charge in [0, 0.05) is 27.0 Å². The maximum Gasteiger partial charge on any atom is 0.435 e. The van der Waals surface area contributed by atoms with E-state index in [1.807, 2.05) is 0 Å². The number of benzene rings is 3. The number of nitrogens with zero attached hydrogens (tertiary/aromatic N) is 1. The van der Waals surface area contributed by atoms with Gasteiger partial charge in [-0.25, -0.2) is 8.78 Å². The predicted octanol–water partition coefficient (Wildman–Crippen LogP) is 6.92. The van der Waals surface area contributed by atoms with E-state index in [1.54, 1.807) is 0 Å². The molecule has 0 aliphatic heterocycles. The molecule has 0 bridgehead atoms. The number of ether oxygens (including phenoxy) is 2. The number of esters is 2. The Bertz CT molecular complexity index is 1880. The van der Waals surface area contributed by atoms with Crippen molar-refractivity contribution >= 4 is 70.1 Å².